The summed E-state index contributed by atoms with van der Waals surface area (Å²) < 4.78 is 11.8. The van der Waals surface area contributed by atoms with Gasteiger partial charge in [0.15, 0.2) is 0 Å². The Morgan fingerprint density at radius 1 is 0.920 bits per heavy atom. The molecule has 0 aliphatic carbocycles. The van der Waals surface area contributed by atoms with Gasteiger partial charge in [0, 0.05) is 10.0 Å². The lowest BCUT2D eigenvalue weighted by Gasteiger charge is -2.14. The Bertz CT molecular complexity index is 875. The van der Waals surface area contributed by atoms with Crippen molar-refractivity contribution in [1.82, 2.24) is 0 Å². The van der Waals surface area contributed by atoms with E-state index in [1.807, 2.05) is 66.7 Å². The predicted molar refractivity (Wildman–Crippen MR) is 102 cm³/mol. The van der Waals surface area contributed by atoms with Gasteiger partial charge >= 0.3 is 5.97 Å². The molecule has 0 aliphatic heterocycles. The summed E-state index contributed by atoms with van der Waals surface area (Å²) in [6, 6.07) is 23.1. The highest BCUT2D eigenvalue weighted by Gasteiger charge is 2.16. The third kappa shape index (κ3) is 4.09. The summed E-state index contributed by atoms with van der Waals surface area (Å²) in [7, 11) is 1.38. The Morgan fingerprint density at radius 3 is 2.40 bits per heavy atom. The molecule has 0 aliphatic rings. The monoisotopic (exact) mass is 396 g/mol. The Balaban J connectivity index is 1.99. The van der Waals surface area contributed by atoms with Gasteiger partial charge in [0.2, 0.25) is 0 Å². The van der Waals surface area contributed by atoms with Crippen molar-refractivity contribution in [2.24, 2.45) is 0 Å². The number of hydrogen-bond acceptors (Lipinski definition) is 3. The van der Waals surface area contributed by atoms with E-state index in [0.29, 0.717) is 17.9 Å². The van der Waals surface area contributed by atoms with E-state index in [0.717, 1.165) is 21.2 Å². The molecule has 0 atom stereocenters. The Morgan fingerprint density at radius 2 is 1.64 bits per heavy atom. The van der Waals surface area contributed by atoms with Crippen LogP contribution in [0, 0.1) is 0 Å². The molecule has 0 saturated carbocycles. The van der Waals surface area contributed by atoms with Gasteiger partial charge in [0.25, 0.3) is 0 Å². The van der Waals surface area contributed by atoms with Gasteiger partial charge in [-0.3, -0.25) is 0 Å². The quantitative estimate of drug-likeness (QED) is 0.535. The average Bonchev–Trinajstić information content (AvgIpc) is 2.67. The molecule has 25 heavy (non-hydrogen) atoms. The number of rotatable bonds is 5. The normalized spacial score (nSPS) is 10.3. The van der Waals surface area contributed by atoms with Gasteiger partial charge in [-0.25, -0.2) is 4.79 Å². The van der Waals surface area contributed by atoms with Gasteiger partial charge in [-0.1, -0.05) is 64.5 Å². The minimum Gasteiger partial charge on any atom is -0.488 e. The third-order valence-corrected chi connectivity index (χ3v) is 4.29. The number of ether oxygens (including phenoxy) is 2. The number of carbonyl (C=O) groups excluding carboxylic acids is 1. The lowest BCUT2D eigenvalue weighted by atomic mass is 9.99. The van der Waals surface area contributed by atoms with Crippen LogP contribution in [0.25, 0.3) is 11.1 Å². The van der Waals surface area contributed by atoms with E-state index in [9.17, 15) is 4.79 Å². The highest BCUT2D eigenvalue weighted by molar-refractivity contribution is 9.10. The Hall–Kier alpha value is -2.59. The highest BCUT2D eigenvalue weighted by Crippen LogP contribution is 2.35. The summed E-state index contributed by atoms with van der Waals surface area (Å²) in [5.74, 6) is 0.341. The zero-order valence-electron chi connectivity index (χ0n) is 13.7. The fraction of sp³-hybridized carbons (Fsp3) is 0.0952. The predicted octanol–water partition coefficient (Wildman–Crippen LogP) is 5.48. The van der Waals surface area contributed by atoms with Crippen molar-refractivity contribution >= 4 is 21.9 Å². The SMILES string of the molecule is COC(=O)c1ccccc1-c1cc(Br)ccc1OCc1ccccc1. The summed E-state index contributed by atoms with van der Waals surface area (Å²) in [6.45, 7) is 0.454. The third-order valence-electron chi connectivity index (χ3n) is 3.80. The molecule has 3 aromatic carbocycles. The molecule has 0 aromatic heterocycles. The fourth-order valence-corrected chi connectivity index (χ4v) is 2.94. The summed E-state index contributed by atoms with van der Waals surface area (Å²) >= 11 is 3.50. The van der Waals surface area contributed by atoms with Crippen LogP contribution >= 0.6 is 15.9 Å². The molecule has 0 unspecified atom stereocenters. The van der Waals surface area contributed by atoms with Crippen LogP contribution in [0.3, 0.4) is 0 Å². The highest BCUT2D eigenvalue weighted by atomic mass is 79.9. The first-order valence-corrected chi connectivity index (χ1v) is 8.62. The fourth-order valence-electron chi connectivity index (χ4n) is 2.58. The topological polar surface area (TPSA) is 35.5 Å². The lowest BCUT2D eigenvalue weighted by molar-refractivity contribution is 0.0601. The van der Waals surface area contributed by atoms with Crippen molar-refractivity contribution in [3.8, 4) is 16.9 Å². The van der Waals surface area contributed by atoms with Crippen LogP contribution in [0.5, 0.6) is 5.75 Å². The largest absolute Gasteiger partial charge is 0.488 e. The number of esters is 1. The van der Waals surface area contributed by atoms with Crippen molar-refractivity contribution in [1.29, 1.82) is 0 Å². The van der Waals surface area contributed by atoms with Crippen LogP contribution in [0.15, 0.2) is 77.3 Å². The van der Waals surface area contributed by atoms with Crippen LogP contribution in [-0.4, -0.2) is 13.1 Å². The molecule has 0 radical (unpaired) electrons. The lowest BCUT2D eigenvalue weighted by Crippen LogP contribution is -2.04. The smallest absolute Gasteiger partial charge is 0.338 e. The maximum atomic E-state index is 12.1. The van der Waals surface area contributed by atoms with Crippen molar-refractivity contribution in [2.45, 2.75) is 6.61 Å². The van der Waals surface area contributed by atoms with Crippen LogP contribution in [0.2, 0.25) is 0 Å². The number of carbonyl (C=O) groups is 1. The maximum Gasteiger partial charge on any atom is 0.338 e. The van der Waals surface area contributed by atoms with Crippen molar-refractivity contribution in [3.63, 3.8) is 0 Å². The van der Waals surface area contributed by atoms with Crippen molar-refractivity contribution in [3.05, 3.63) is 88.4 Å². The number of halogens is 1. The molecule has 0 amide bonds. The van der Waals surface area contributed by atoms with Gasteiger partial charge < -0.3 is 9.47 Å². The minimum atomic E-state index is -0.371. The van der Waals surface area contributed by atoms with E-state index in [-0.39, 0.29) is 5.97 Å². The van der Waals surface area contributed by atoms with E-state index < -0.39 is 0 Å². The van der Waals surface area contributed by atoms with E-state index >= 15 is 0 Å². The molecule has 3 rings (SSSR count). The molecule has 0 spiro atoms. The summed E-state index contributed by atoms with van der Waals surface area (Å²) in [6.07, 6.45) is 0. The maximum absolute atomic E-state index is 12.1. The zero-order chi connectivity index (χ0) is 17.6. The molecule has 4 heteroatoms. The molecule has 0 fully saturated rings. The second-order valence-electron chi connectivity index (χ2n) is 5.45. The summed E-state index contributed by atoms with van der Waals surface area (Å²) in [5, 5.41) is 0. The average molecular weight is 397 g/mol. The standard InChI is InChI=1S/C21H17BrO3/c1-24-21(23)18-10-6-5-9-17(18)19-13-16(22)11-12-20(19)25-14-15-7-3-2-4-8-15/h2-13H,14H2,1H3. The molecular formula is C21H17BrO3. The second kappa shape index (κ2) is 7.99. The van der Waals surface area contributed by atoms with Gasteiger partial charge in [-0.05, 0) is 35.4 Å². The summed E-state index contributed by atoms with van der Waals surface area (Å²) in [5.41, 5.74) is 3.20. The Kier molecular flexibility index (Phi) is 5.51. The second-order valence-corrected chi connectivity index (χ2v) is 6.37. The van der Waals surface area contributed by atoms with Crippen molar-refractivity contribution in [2.75, 3.05) is 7.11 Å². The molecule has 3 aromatic rings. The Labute approximate surface area is 155 Å². The summed E-state index contributed by atoms with van der Waals surface area (Å²) in [4.78, 5) is 12.1. The van der Waals surface area contributed by atoms with E-state index in [1.165, 1.54) is 7.11 Å². The number of methoxy groups -OCH3 is 1. The van der Waals surface area contributed by atoms with Crippen LogP contribution in [0.4, 0.5) is 0 Å². The molecule has 0 bridgehead atoms. The first-order valence-electron chi connectivity index (χ1n) is 7.83. The molecule has 0 N–H and O–H groups in total. The molecule has 0 heterocycles. The van der Waals surface area contributed by atoms with E-state index in [4.69, 9.17) is 9.47 Å². The first-order chi connectivity index (χ1) is 12.2. The number of hydrogen-bond donors (Lipinski definition) is 0. The van der Waals surface area contributed by atoms with Crippen LogP contribution < -0.4 is 4.74 Å². The molecule has 3 nitrogen and oxygen atoms in total. The van der Waals surface area contributed by atoms with Crippen LogP contribution in [0.1, 0.15) is 15.9 Å². The zero-order valence-corrected chi connectivity index (χ0v) is 15.3. The van der Waals surface area contributed by atoms with Gasteiger partial charge in [0.1, 0.15) is 12.4 Å². The van der Waals surface area contributed by atoms with Gasteiger partial charge in [-0.2, -0.15) is 0 Å². The van der Waals surface area contributed by atoms with E-state index in [1.54, 1.807) is 6.07 Å². The van der Waals surface area contributed by atoms with E-state index in [2.05, 4.69) is 15.9 Å². The molecule has 126 valence electrons. The first kappa shape index (κ1) is 17.2. The molecule has 0 saturated heterocycles. The van der Waals surface area contributed by atoms with Gasteiger partial charge in [-0.15, -0.1) is 0 Å². The molecular weight excluding hydrogens is 380 g/mol. The minimum absolute atomic E-state index is 0.371. The van der Waals surface area contributed by atoms with Gasteiger partial charge in [0.05, 0.1) is 12.7 Å². The van der Waals surface area contributed by atoms with Crippen LogP contribution in [-0.2, 0) is 11.3 Å². The number of benzene rings is 3. The van der Waals surface area contributed by atoms with Crippen molar-refractivity contribution < 1.29 is 14.3 Å².